The van der Waals surface area contributed by atoms with E-state index in [1.165, 1.54) is 32.5 Å². The minimum Gasteiger partial charge on any atom is -0.396 e. The molecule has 0 unspecified atom stereocenters. The highest BCUT2D eigenvalue weighted by molar-refractivity contribution is 5.61. The van der Waals surface area contributed by atoms with E-state index in [0.717, 1.165) is 29.5 Å². The molecule has 1 saturated heterocycles. The Hall–Kier alpha value is -1.29. The number of aromatic nitrogens is 1. The molecule has 1 aliphatic heterocycles. The second-order valence-electron chi connectivity index (χ2n) is 5.21. The van der Waals surface area contributed by atoms with Crippen LogP contribution >= 0.6 is 0 Å². The van der Waals surface area contributed by atoms with E-state index in [1.54, 1.807) is 0 Å². The molecule has 18 heavy (non-hydrogen) atoms. The number of rotatable bonds is 4. The zero-order chi connectivity index (χ0) is 13.0. The molecule has 2 rings (SSSR count). The van der Waals surface area contributed by atoms with Gasteiger partial charge in [0, 0.05) is 12.7 Å². The van der Waals surface area contributed by atoms with Gasteiger partial charge in [-0.2, -0.15) is 0 Å². The quantitative estimate of drug-likeness (QED) is 0.857. The average Bonchev–Trinajstić information content (AvgIpc) is 2.38. The summed E-state index contributed by atoms with van der Waals surface area (Å²) >= 11 is 0. The standard InChI is InChI=1S/C14H24N4/c1-3-18-6-4-12(5-7-18)10-17-14-13(15)8-11(2)9-16-14/h8-9,12H,3-7,10,15H2,1-2H3,(H,16,17). The Morgan fingerprint density at radius 3 is 2.78 bits per heavy atom. The molecule has 1 fully saturated rings. The lowest BCUT2D eigenvalue weighted by atomic mass is 9.97. The van der Waals surface area contributed by atoms with E-state index in [9.17, 15) is 0 Å². The largest absolute Gasteiger partial charge is 0.396 e. The molecular weight excluding hydrogens is 224 g/mol. The lowest BCUT2D eigenvalue weighted by Gasteiger charge is -2.31. The number of nitrogens with two attached hydrogens (primary N) is 1. The van der Waals surface area contributed by atoms with Crippen molar-refractivity contribution in [2.75, 3.05) is 37.2 Å². The molecule has 1 aliphatic rings. The van der Waals surface area contributed by atoms with Crippen molar-refractivity contribution < 1.29 is 0 Å². The third-order valence-corrected chi connectivity index (χ3v) is 3.77. The van der Waals surface area contributed by atoms with E-state index in [4.69, 9.17) is 5.73 Å². The summed E-state index contributed by atoms with van der Waals surface area (Å²) in [5.74, 6) is 1.58. The van der Waals surface area contributed by atoms with Crippen LogP contribution in [0.3, 0.4) is 0 Å². The first-order valence-electron chi connectivity index (χ1n) is 6.87. The minimum atomic E-state index is 0.746. The number of nitrogens with one attached hydrogen (secondary N) is 1. The number of nitrogen functional groups attached to an aromatic ring is 1. The van der Waals surface area contributed by atoms with Crippen LogP contribution in [-0.2, 0) is 0 Å². The number of hydrogen-bond donors (Lipinski definition) is 2. The number of nitrogens with zero attached hydrogens (tertiary/aromatic N) is 2. The summed E-state index contributed by atoms with van der Waals surface area (Å²) in [6, 6.07) is 1.97. The van der Waals surface area contributed by atoms with Crippen LogP contribution in [0.4, 0.5) is 11.5 Å². The SMILES string of the molecule is CCN1CCC(CNc2ncc(C)cc2N)CC1. The normalized spacial score (nSPS) is 17.9. The number of likely N-dealkylation sites (tertiary alicyclic amines) is 1. The van der Waals surface area contributed by atoms with E-state index >= 15 is 0 Å². The van der Waals surface area contributed by atoms with E-state index in [1.807, 2.05) is 19.2 Å². The van der Waals surface area contributed by atoms with Crippen LogP contribution in [0.5, 0.6) is 0 Å². The van der Waals surface area contributed by atoms with Crippen LogP contribution in [0.15, 0.2) is 12.3 Å². The van der Waals surface area contributed by atoms with E-state index in [2.05, 4.69) is 22.1 Å². The van der Waals surface area contributed by atoms with Gasteiger partial charge in [0.2, 0.25) is 0 Å². The third kappa shape index (κ3) is 3.35. The number of pyridine rings is 1. The van der Waals surface area contributed by atoms with Crippen molar-refractivity contribution in [1.29, 1.82) is 0 Å². The predicted molar refractivity (Wildman–Crippen MR) is 76.7 cm³/mol. The van der Waals surface area contributed by atoms with Gasteiger partial charge in [0.15, 0.2) is 0 Å². The van der Waals surface area contributed by atoms with E-state index in [0.29, 0.717) is 0 Å². The smallest absolute Gasteiger partial charge is 0.149 e. The summed E-state index contributed by atoms with van der Waals surface area (Å²) in [6.07, 6.45) is 4.40. The molecule has 2 heterocycles. The number of piperidine rings is 1. The van der Waals surface area contributed by atoms with Gasteiger partial charge in [0.1, 0.15) is 5.82 Å². The molecule has 1 aromatic heterocycles. The molecule has 100 valence electrons. The van der Waals surface area contributed by atoms with Crippen LogP contribution in [-0.4, -0.2) is 36.1 Å². The van der Waals surface area contributed by atoms with Gasteiger partial charge in [-0.25, -0.2) is 4.98 Å². The molecule has 0 atom stereocenters. The Labute approximate surface area is 110 Å². The fourth-order valence-electron chi connectivity index (χ4n) is 2.49. The van der Waals surface area contributed by atoms with Crippen molar-refractivity contribution in [3.63, 3.8) is 0 Å². The van der Waals surface area contributed by atoms with Crippen LogP contribution in [0.25, 0.3) is 0 Å². The lowest BCUT2D eigenvalue weighted by Crippen LogP contribution is -2.35. The second kappa shape index (κ2) is 6.05. The summed E-state index contributed by atoms with van der Waals surface area (Å²) in [7, 11) is 0. The molecule has 0 radical (unpaired) electrons. The minimum absolute atomic E-state index is 0.746. The van der Waals surface area contributed by atoms with Gasteiger partial charge in [-0.15, -0.1) is 0 Å². The molecule has 1 aromatic rings. The highest BCUT2D eigenvalue weighted by atomic mass is 15.1. The third-order valence-electron chi connectivity index (χ3n) is 3.77. The monoisotopic (exact) mass is 248 g/mol. The molecule has 3 N–H and O–H groups in total. The van der Waals surface area contributed by atoms with Crippen LogP contribution < -0.4 is 11.1 Å². The molecule has 0 aliphatic carbocycles. The summed E-state index contributed by atoms with van der Waals surface area (Å²) < 4.78 is 0. The summed E-state index contributed by atoms with van der Waals surface area (Å²) in [6.45, 7) is 8.84. The highest BCUT2D eigenvalue weighted by Gasteiger charge is 2.17. The maximum Gasteiger partial charge on any atom is 0.149 e. The molecule has 0 aromatic carbocycles. The molecule has 0 spiro atoms. The summed E-state index contributed by atoms with van der Waals surface area (Å²) in [5.41, 5.74) is 7.80. The van der Waals surface area contributed by atoms with Gasteiger partial charge >= 0.3 is 0 Å². The van der Waals surface area contributed by atoms with Gasteiger partial charge in [-0.3, -0.25) is 0 Å². The Morgan fingerprint density at radius 1 is 1.44 bits per heavy atom. The van der Waals surface area contributed by atoms with Crippen molar-refractivity contribution in [3.05, 3.63) is 17.8 Å². The number of aryl methyl sites for hydroxylation is 1. The molecule has 0 saturated carbocycles. The maximum absolute atomic E-state index is 5.95. The predicted octanol–water partition coefficient (Wildman–Crippen LogP) is 2.12. The van der Waals surface area contributed by atoms with E-state index < -0.39 is 0 Å². The zero-order valence-corrected chi connectivity index (χ0v) is 11.4. The van der Waals surface area contributed by atoms with Crippen molar-refractivity contribution in [3.8, 4) is 0 Å². The van der Waals surface area contributed by atoms with Gasteiger partial charge < -0.3 is 16.0 Å². The van der Waals surface area contributed by atoms with Crippen LogP contribution in [0.2, 0.25) is 0 Å². The number of hydrogen-bond acceptors (Lipinski definition) is 4. The second-order valence-corrected chi connectivity index (χ2v) is 5.21. The number of anilines is 2. The topological polar surface area (TPSA) is 54.2 Å². The first-order chi connectivity index (χ1) is 8.69. The van der Waals surface area contributed by atoms with Gasteiger partial charge in [0.25, 0.3) is 0 Å². The lowest BCUT2D eigenvalue weighted by molar-refractivity contribution is 0.198. The van der Waals surface area contributed by atoms with Crippen molar-refractivity contribution >= 4 is 11.5 Å². The molecule has 4 heteroatoms. The van der Waals surface area contributed by atoms with E-state index in [-0.39, 0.29) is 0 Å². The van der Waals surface area contributed by atoms with Gasteiger partial charge in [-0.1, -0.05) is 6.92 Å². The fraction of sp³-hybridized carbons (Fsp3) is 0.643. The average molecular weight is 248 g/mol. The first-order valence-corrected chi connectivity index (χ1v) is 6.87. The Balaban J connectivity index is 1.81. The van der Waals surface area contributed by atoms with Gasteiger partial charge in [0.05, 0.1) is 5.69 Å². The highest BCUT2D eigenvalue weighted by Crippen LogP contribution is 2.20. The van der Waals surface area contributed by atoms with Gasteiger partial charge in [-0.05, 0) is 56.9 Å². The Morgan fingerprint density at radius 2 is 2.17 bits per heavy atom. The molecule has 4 nitrogen and oxygen atoms in total. The van der Waals surface area contributed by atoms with Crippen molar-refractivity contribution in [1.82, 2.24) is 9.88 Å². The fourth-order valence-corrected chi connectivity index (χ4v) is 2.49. The molecular formula is C14H24N4. The zero-order valence-electron chi connectivity index (χ0n) is 11.4. The molecule has 0 bridgehead atoms. The Kier molecular flexibility index (Phi) is 4.42. The Bertz CT molecular complexity index is 383. The first kappa shape index (κ1) is 13.1. The van der Waals surface area contributed by atoms with Crippen molar-refractivity contribution in [2.45, 2.75) is 26.7 Å². The van der Waals surface area contributed by atoms with Crippen LogP contribution in [0.1, 0.15) is 25.3 Å². The maximum atomic E-state index is 5.95. The molecule has 0 amide bonds. The summed E-state index contributed by atoms with van der Waals surface area (Å²) in [4.78, 5) is 6.86. The van der Waals surface area contributed by atoms with Crippen molar-refractivity contribution in [2.24, 2.45) is 5.92 Å². The van der Waals surface area contributed by atoms with Crippen LogP contribution in [0, 0.1) is 12.8 Å². The summed E-state index contributed by atoms with van der Waals surface area (Å²) in [5, 5.41) is 3.39.